The van der Waals surface area contributed by atoms with Gasteiger partial charge < -0.3 is 10.4 Å². The lowest BCUT2D eigenvalue weighted by atomic mass is 9.47. The van der Waals surface area contributed by atoms with Gasteiger partial charge in [0, 0.05) is 23.8 Å². The number of fused-ring (bicyclic) bond motifs is 5. The number of allylic oxidation sites excluding steroid dienone is 4. The van der Waals surface area contributed by atoms with Crippen LogP contribution in [0.3, 0.4) is 0 Å². The first kappa shape index (κ1) is 18.5. The monoisotopic (exact) mass is 371 g/mol. The number of carbonyl (C=O) groups excluding carboxylic acids is 2. The number of rotatable bonds is 2. The quantitative estimate of drug-likeness (QED) is 0.774. The van der Waals surface area contributed by atoms with Gasteiger partial charge in [-0.15, -0.1) is 0 Å². The van der Waals surface area contributed by atoms with Crippen molar-refractivity contribution in [1.82, 2.24) is 5.32 Å². The number of amides is 1. The van der Waals surface area contributed by atoms with Gasteiger partial charge in [-0.1, -0.05) is 25.5 Å². The average Bonchev–Trinajstić information content (AvgIpc) is 2.91. The second-order valence-electron chi connectivity index (χ2n) is 9.55. The Kier molecular flexibility index (Phi) is 4.13. The lowest BCUT2D eigenvalue weighted by Crippen LogP contribution is -2.55. The third-order valence-electron chi connectivity index (χ3n) is 8.28. The molecule has 0 aliphatic heterocycles. The van der Waals surface area contributed by atoms with Gasteiger partial charge in [0.05, 0.1) is 0 Å². The molecule has 3 fully saturated rings. The summed E-state index contributed by atoms with van der Waals surface area (Å²) in [6.45, 7) is 6.26. The van der Waals surface area contributed by atoms with Crippen LogP contribution in [0.5, 0.6) is 0 Å². The van der Waals surface area contributed by atoms with Crippen LogP contribution in [-0.2, 0) is 9.59 Å². The summed E-state index contributed by atoms with van der Waals surface area (Å²) in [5.74, 6) is 1.22. The normalized spacial score (nSPS) is 44.0. The molecule has 0 radical (unpaired) electrons. The minimum absolute atomic E-state index is 0.0310. The molecule has 2 N–H and O–H groups in total. The van der Waals surface area contributed by atoms with Gasteiger partial charge in [-0.05, 0) is 67.9 Å². The van der Waals surface area contributed by atoms with Gasteiger partial charge in [-0.25, -0.2) is 4.79 Å². The smallest absolute Gasteiger partial charge is 0.404 e. The topological polar surface area (TPSA) is 83.5 Å². The minimum Gasteiger partial charge on any atom is -0.465 e. The molecule has 27 heavy (non-hydrogen) atoms. The zero-order valence-corrected chi connectivity index (χ0v) is 16.3. The highest BCUT2D eigenvalue weighted by Gasteiger charge is 2.62. The molecule has 0 aromatic heterocycles. The SMILES string of the molecule is CC(NC(=O)O)[C@H]1CC[C@H]2[C@@H]3CCC4=CC(=O)C=C[C@]4(C)[C@H]3C(=O)C[C@]12C. The predicted octanol–water partition coefficient (Wildman–Crippen LogP) is 3.75. The van der Waals surface area contributed by atoms with Crippen molar-refractivity contribution in [3.05, 3.63) is 23.8 Å². The fourth-order valence-corrected chi connectivity index (χ4v) is 7.18. The van der Waals surface area contributed by atoms with Crippen LogP contribution < -0.4 is 5.32 Å². The number of carboxylic acid groups (broad SMARTS) is 1. The molecule has 7 atom stereocenters. The lowest BCUT2D eigenvalue weighted by Gasteiger charge is -2.56. The van der Waals surface area contributed by atoms with Crippen LogP contribution in [-0.4, -0.2) is 28.8 Å². The number of hydrogen-bond donors (Lipinski definition) is 2. The highest BCUT2D eigenvalue weighted by molar-refractivity contribution is 6.01. The van der Waals surface area contributed by atoms with Crippen molar-refractivity contribution in [3.63, 3.8) is 0 Å². The van der Waals surface area contributed by atoms with E-state index >= 15 is 0 Å². The Bertz CT molecular complexity index is 768. The van der Waals surface area contributed by atoms with Crippen LogP contribution in [0.25, 0.3) is 0 Å². The van der Waals surface area contributed by atoms with Gasteiger partial charge in [0.1, 0.15) is 5.78 Å². The molecule has 0 aromatic rings. The molecule has 4 aliphatic carbocycles. The molecule has 5 nitrogen and oxygen atoms in total. The van der Waals surface area contributed by atoms with Crippen molar-refractivity contribution >= 4 is 17.7 Å². The summed E-state index contributed by atoms with van der Waals surface area (Å²) >= 11 is 0. The van der Waals surface area contributed by atoms with E-state index in [-0.39, 0.29) is 34.5 Å². The van der Waals surface area contributed by atoms with Gasteiger partial charge in [0.2, 0.25) is 0 Å². The summed E-state index contributed by atoms with van der Waals surface area (Å²) in [5.41, 5.74) is 0.633. The highest BCUT2D eigenvalue weighted by Crippen LogP contribution is 2.65. The first-order valence-corrected chi connectivity index (χ1v) is 10.1. The van der Waals surface area contributed by atoms with Gasteiger partial charge in [-0.3, -0.25) is 9.59 Å². The first-order valence-electron chi connectivity index (χ1n) is 10.1. The van der Waals surface area contributed by atoms with Crippen LogP contribution in [0.15, 0.2) is 23.8 Å². The summed E-state index contributed by atoms with van der Waals surface area (Å²) in [7, 11) is 0. The molecule has 0 spiro atoms. The maximum Gasteiger partial charge on any atom is 0.404 e. The van der Waals surface area contributed by atoms with E-state index in [2.05, 4.69) is 19.2 Å². The Balaban J connectivity index is 1.67. The number of carbonyl (C=O) groups is 3. The van der Waals surface area contributed by atoms with Gasteiger partial charge in [-0.2, -0.15) is 0 Å². The van der Waals surface area contributed by atoms with Crippen LogP contribution in [0.4, 0.5) is 4.79 Å². The Morgan fingerprint density at radius 1 is 1.26 bits per heavy atom. The van der Waals surface area contributed by atoms with E-state index < -0.39 is 6.09 Å². The zero-order valence-electron chi connectivity index (χ0n) is 16.3. The van der Waals surface area contributed by atoms with Crippen molar-refractivity contribution < 1.29 is 19.5 Å². The van der Waals surface area contributed by atoms with E-state index in [0.717, 1.165) is 31.3 Å². The molecular formula is C22H29NO4. The Morgan fingerprint density at radius 2 is 2.00 bits per heavy atom. The van der Waals surface area contributed by atoms with E-state index in [9.17, 15) is 14.4 Å². The number of nitrogens with one attached hydrogen (secondary N) is 1. The van der Waals surface area contributed by atoms with Crippen molar-refractivity contribution in [2.75, 3.05) is 0 Å². The van der Waals surface area contributed by atoms with E-state index in [1.165, 1.54) is 0 Å². The maximum absolute atomic E-state index is 13.4. The molecule has 5 heteroatoms. The molecule has 0 saturated heterocycles. The number of hydrogen-bond acceptors (Lipinski definition) is 3. The van der Waals surface area contributed by atoms with E-state index in [1.54, 1.807) is 12.2 Å². The zero-order chi connectivity index (χ0) is 19.6. The largest absolute Gasteiger partial charge is 0.465 e. The van der Waals surface area contributed by atoms with Crippen LogP contribution >= 0.6 is 0 Å². The highest BCUT2D eigenvalue weighted by atomic mass is 16.4. The lowest BCUT2D eigenvalue weighted by molar-refractivity contribution is -0.143. The molecule has 0 heterocycles. The molecule has 3 saturated carbocycles. The Morgan fingerprint density at radius 3 is 2.70 bits per heavy atom. The van der Waals surface area contributed by atoms with Gasteiger partial charge >= 0.3 is 6.09 Å². The Labute approximate surface area is 160 Å². The second-order valence-corrected chi connectivity index (χ2v) is 9.55. The third-order valence-corrected chi connectivity index (χ3v) is 8.28. The van der Waals surface area contributed by atoms with Crippen molar-refractivity contribution in [1.29, 1.82) is 0 Å². The van der Waals surface area contributed by atoms with E-state index in [4.69, 9.17) is 5.11 Å². The predicted molar refractivity (Wildman–Crippen MR) is 101 cm³/mol. The molecule has 1 unspecified atom stereocenters. The first-order chi connectivity index (χ1) is 12.7. The van der Waals surface area contributed by atoms with E-state index in [1.807, 2.05) is 13.0 Å². The molecule has 0 aromatic carbocycles. The van der Waals surface area contributed by atoms with Gasteiger partial charge in [0.25, 0.3) is 0 Å². The standard InChI is InChI=1S/C22H29NO4/c1-12(23-20(26)27)16-6-7-17-15-5-4-13-10-14(24)8-9-21(13,2)19(15)18(25)11-22(16,17)3/h8-10,12,15-17,19,23H,4-7,11H2,1-3H3,(H,26,27)/t12?,15-,16+,17-,19+,21-,22+/m0/s1. The summed E-state index contributed by atoms with van der Waals surface area (Å²) in [5, 5.41) is 11.8. The minimum atomic E-state index is -0.994. The molecule has 1 amide bonds. The summed E-state index contributed by atoms with van der Waals surface area (Å²) in [6, 6.07) is -0.149. The maximum atomic E-state index is 13.4. The van der Waals surface area contributed by atoms with Crippen LogP contribution in [0, 0.1) is 34.5 Å². The summed E-state index contributed by atoms with van der Waals surface area (Å²) < 4.78 is 0. The molecule has 0 bridgehead atoms. The summed E-state index contributed by atoms with van der Waals surface area (Å²) in [6.07, 6.45) is 8.71. The number of ketones is 2. The van der Waals surface area contributed by atoms with Crippen molar-refractivity contribution in [2.24, 2.45) is 34.5 Å². The fourth-order valence-electron chi connectivity index (χ4n) is 7.18. The van der Waals surface area contributed by atoms with Gasteiger partial charge in [0.15, 0.2) is 5.78 Å². The molecule has 146 valence electrons. The average molecular weight is 371 g/mol. The van der Waals surface area contributed by atoms with Crippen molar-refractivity contribution in [3.8, 4) is 0 Å². The molecule has 4 aliphatic rings. The van der Waals surface area contributed by atoms with E-state index in [0.29, 0.717) is 24.0 Å². The Hall–Kier alpha value is -1.91. The molecule has 4 rings (SSSR count). The second kappa shape index (κ2) is 6.05. The number of Topliss-reactive ketones (excluding diaryl/α,β-unsaturated/α-hetero) is 1. The third kappa shape index (κ3) is 2.61. The van der Waals surface area contributed by atoms with Crippen LogP contribution in [0.2, 0.25) is 0 Å². The van der Waals surface area contributed by atoms with Crippen LogP contribution in [0.1, 0.15) is 52.9 Å². The fraction of sp³-hybridized carbons (Fsp3) is 0.682. The summed E-state index contributed by atoms with van der Waals surface area (Å²) in [4.78, 5) is 36.4. The van der Waals surface area contributed by atoms with Crippen molar-refractivity contribution in [2.45, 2.75) is 58.9 Å². The molecular weight excluding hydrogens is 342 g/mol.